The lowest BCUT2D eigenvalue weighted by Gasteiger charge is -2.10. The summed E-state index contributed by atoms with van der Waals surface area (Å²) in [5, 5.41) is 4.22. The van der Waals surface area contributed by atoms with Gasteiger partial charge in [0, 0.05) is 28.6 Å². The lowest BCUT2D eigenvalue weighted by atomic mass is 10.1. The third-order valence-corrected chi connectivity index (χ3v) is 4.50. The van der Waals surface area contributed by atoms with Gasteiger partial charge in [0.05, 0.1) is 5.69 Å². The van der Waals surface area contributed by atoms with Gasteiger partial charge in [-0.15, -0.1) is 0 Å². The molecule has 0 unspecified atom stereocenters. The molecule has 1 amide bonds. The summed E-state index contributed by atoms with van der Waals surface area (Å²) >= 11 is 0. The van der Waals surface area contributed by atoms with Crippen molar-refractivity contribution in [1.29, 1.82) is 0 Å². The molecule has 1 aromatic heterocycles. The Hall–Kier alpha value is -3.33. The molecule has 0 radical (unpaired) electrons. The molecule has 0 saturated heterocycles. The number of H-pyrrole nitrogens is 1. The van der Waals surface area contributed by atoms with Gasteiger partial charge in [0.15, 0.2) is 0 Å². The summed E-state index contributed by atoms with van der Waals surface area (Å²) in [7, 11) is 0. The Balaban J connectivity index is 1.53. The van der Waals surface area contributed by atoms with E-state index in [-0.39, 0.29) is 5.91 Å². The Kier molecular flexibility index (Phi) is 4.52. The molecule has 0 spiro atoms. The number of hydrogen-bond acceptors (Lipinski definition) is 1. The number of benzene rings is 3. The summed E-state index contributed by atoms with van der Waals surface area (Å²) in [5.41, 5.74) is 5.10. The van der Waals surface area contributed by atoms with Gasteiger partial charge in [-0.1, -0.05) is 66.7 Å². The molecule has 4 rings (SSSR count). The van der Waals surface area contributed by atoms with Crippen LogP contribution in [0, 0.1) is 0 Å². The number of fused-ring (bicyclic) bond motifs is 1. The Morgan fingerprint density at radius 1 is 0.846 bits per heavy atom. The maximum absolute atomic E-state index is 12.4. The van der Waals surface area contributed by atoms with Crippen LogP contribution in [-0.4, -0.2) is 10.9 Å². The van der Waals surface area contributed by atoms with Crippen molar-refractivity contribution in [2.45, 2.75) is 12.8 Å². The lowest BCUT2D eigenvalue weighted by Crippen LogP contribution is -2.13. The van der Waals surface area contributed by atoms with E-state index in [1.165, 1.54) is 5.56 Å². The molecule has 3 aromatic carbocycles. The topological polar surface area (TPSA) is 44.9 Å². The van der Waals surface area contributed by atoms with Gasteiger partial charge in [-0.25, -0.2) is 0 Å². The minimum atomic E-state index is 0.0254. The summed E-state index contributed by atoms with van der Waals surface area (Å²) in [5.74, 6) is 0.0254. The molecule has 26 heavy (non-hydrogen) atoms. The number of aromatic nitrogens is 1. The minimum absolute atomic E-state index is 0.0254. The van der Waals surface area contributed by atoms with Crippen LogP contribution in [0.5, 0.6) is 0 Å². The van der Waals surface area contributed by atoms with E-state index in [9.17, 15) is 4.79 Å². The summed E-state index contributed by atoms with van der Waals surface area (Å²) in [4.78, 5) is 15.9. The van der Waals surface area contributed by atoms with Crippen LogP contribution in [0.3, 0.4) is 0 Å². The fraction of sp³-hybridized carbons (Fsp3) is 0.0870. The van der Waals surface area contributed by atoms with E-state index < -0.39 is 0 Å². The molecule has 4 aromatic rings. The molecule has 0 aliphatic heterocycles. The van der Waals surface area contributed by atoms with Crippen LogP contribution in [0.15, 0.2) is 84.9 Å². The molecule has 0 fully saturated rings. The van der Waals surface area contributed by atoms with Gasteiger partial charge in [0.2, 0.25) is 5.91 Å². The second-order valence-corrected chi connectivity index (χ2v) is 6.35. The molecule has 128 valence electrons. The highest BCUT2D eigenvalue weighted by molar-refractivity contribution is 5.96. The Morgan fingerprint density at radius 3 is 2.42 bits per heavy atom. The van der Waals surface area contributed by atoms with Gasteiger partial charge in [0.1, 0.15) is 0 Å². The average Bonchev–Trinajstić information content (AvgIpc) is 3.12. The third kappa shape index (κ3) is 3.52. The number of aryl methyl sites for hydroxylation is 1. The van der Waals surface area contributed by atoms with Gasteiger partial charge < -0.3 is 10.3 Å². The van der Waals surface area contributed by atoms with Crippen molar-refractivity contribution in [1.82, 2.24) is 4.98 Å². The smallest absolute Gasteiger partial charge is 0.224 e. The second kappa shape index (κ2) is 7.28. The monoisotopic (exact) mass is 340 g/mol. The summed E-state index contributed by atoms with van der Waals surface area (Å²) < 4.78 is 0. The van der Waals surface area contributed by atoms with Crippen molar-refractivity contribution in [2.24, 2.45) is 0 Å². The third-order valence-electron chi connectivity index (χ3n) is 4.50. The van der Waals surface area contributed by atoms with E-state index in [0.29, 0.717) is 6.42 Å². The number of hydrogen-bond donors (Lipinski definition) is 2. The Morgan fingerprint density at radius 2 is 1.58 bits per heavy atom. The summed E-state index contributed by atoms with van der Waals surface area (Å²) in [6.07, 6.45) is 1.20. The number of anilines is 1. The zero-order valence-electron chi connectivity index (χ0n) is 14.4. The first-order valence-electron chi connectivity index (χ1n) is 8.80. The number of carbonyl (C=O) groups is 1. The van der Waals surface area contributed by atoms with Crippen molar-refractivity contribution in [3.63, 3.8) is 0 Å². The summed E-state index contributed by atoms with van der Waals surface area (Å²) in [6, 6.07) is 28.3. The van der Waals surface area contributed by atoms with E-state index in [1.807, 2.05) is 66.7 Å². The quantitative estimate of drug-likeness (QED) is 0.501. The molecular formula is C23H20N2O. The zero-order valence-corrected chi connectivity index (χ0v) is 14.4. The first-order chi connectivity index (χ1) is 12.8. The molecule has 3 nitrogen and oxygen atoms in total. The number of carbonyl (C=O) groups excluding carboxylic acids is 1. The number of aromatic amines is 1. The fourth-order valence-electron chi connectivity index (χ4n) is 3.16. The number of rotatable bonds is 5. The van der Waals surface area contributed by atoms with E-state index in [4.69, 9.17) is 0 Å². The molecule has 1 heterocycles. The molecule has 0 atom stereocenters. The van der Waals surface area contributed by atoms with Crippen molar-refractivity contribution in [3.05, 3.63) is 90.5 Å². The van der Waals surface area contributed by atoms with Crippen LogP contribution in [0.4, 0.5) is 5.69 Å². The molecule has 0 saturated carbocycles. The Labute approximate surface area is 152 Å². The average molecular weight is 340 g/mol. The Bertz CT molecular complexity index is 1000. The van der Waals surface area contributed by atoms with Crippen molar-refractivity contribution in [3.8, 4) is 11.3 Å². The van der Waals surface area contributed by atoms with Gasteiger partial charge >= 0.3 is 0 Å². The van der Waals surface area contributed by atoms with Gasteiger partial charge in [0.25, 0.3) is 0 Å². The van der Waals surface area contributed by atoms with Gasteiger partial charge in [-0.05, 0) is 30.2 Å². The highest BCUT2D eigenvalue weighted by atomic mass is 16.1. The van der Waals surface area contributed by atoms with Crippen LogP contribution < -0.4 is 5.32 Å². The number of nitrogens with one attached hydrogen (secondary N) is 2. The number of amides is 1. The van der Waals surface area contributed by atoms with Crippen molar-refractivity contribution >= 4 is 22.5 Å². The normalized spacial score (nSPS) is 10.8. The molecule has 0 aliphatic carbocycles. The highest BCUT2D eigenvalue weighted by Crippen LogP contribution is 2.30. The second-order valence-electron chi connectivity index (χ2n) is 6.35. The van der Waals surface area contributed by atoms with E-state index in [1.54, 1.807) is 0 Å². The van der Waals surface area contributed by atoms with Crippen LogP contribution in [0.25, 0.3) is 22.2 Å². The van der Waals surface area contributed by atoms with E-state index >= 15 is 0 Å². The lowest BCUT2D eigenvalue weighted by molar-refractivity contribution is -0.116. The standard InChI is InChI=1S/C23H20N2O/c26-23(15-14-17-8-2-1-3-9-17)25-21-13-7-5-11-19(21)22-16-18-10-4-6-12-20(18)24-22/h1-13,16,24H,14-15H2,(H,25,26). The highest BCUT2D eigenvalue weighted by Gasteiger charge is 2.10. The predicted molar refractivity (Wildman–Crippen MR) is 107 cm³/mol. The summed E-state index contributed by atoms with van der Waals surface area (Å²) in [6.45, 7) is 0. The number of para-hydroxylation sites is 2. The molecule has 0 bridgehead atoms. The van der Waals surface area contributed by atoms with Crippen LogP contribution >= 0.6 is 0 Å². The first kappa shape index (κ1) is 16.2. The van der Waals surface area contributed by atoms with Crippen LogP contribution in [-0.2, 0) is 11.2 Å². The van der Waals surface area contributed by atoms with Gasteiger partial charge in [-0.2, -0.15) is 0 Å². The van der Waals surface area contributed by atoms with E-state index in [0.717, 1.165) is 34.3 Å². The van der Waals surface area contributed by atoms with Crippen molar-refractivity contribution in [2.75, 3.05) is 5.32 Å². The van der Waals surface area contributed by atoms with Crippen LogP contribution in [0.2, 0.25) is 0 Å². The predicted octanol–water partition coefficient (Wildman–Crippen LogP) is 5.41. The molecule has 0 aliphatic rings. The molecular weight excluding hydrogens is 320 g/mol. The van der Waals surface area contributed by atoms with Gasteiger partial charge in [-0.3, -0.25) is 4.79 Å². The largest absolute Gasteiger partial charge is 0.354 e. The maximum atomic E-state index is 12.4. The first-order valence-corrected chi connectivity index (χ1v) is 8.80. The molecule has 2 N–H and O–H groups in total. The van der Waals surface area contributed by atoms with Crippen LogP contribution in [0.1, 0.15) is 12.0 Å². The minimum Gasteiger partial charge on any atom is -0.354 e. The van der Waals surface area contributed by atoms with Crippen molar-refractivity contribution < 1.29 is 4.79 Å². The zero-order chi connectivity index (χ0) is 17.8. The SMILES string of the molecule is O=C(CCc1ccccc1)Nc1ccccc1-c1cc2ccccc2[nH]1. The molecule has 3 heteroatoms. The van der Waals surface area contributed by atoms with E-state index in [2.05, 4.69) is 28.5 Å². The fourth-order valence-corrected chi connectivity index (χ4v) is 3.16. The maximum Gasteiger partial charge on any atom is 0.224 e.